The lowest BCUT2D eigenvalue weighted by Crippen LogP contribution is -2.28. The Morgan fingerprint density at radius 2 is 1.58 bits per heavy atom. The first-order chi connectivity index (χ1) is 11.5. The number of amides is 3. The normalized spacial score (nSPS) is 14.2. The molecular weight excluding hydrogens is 351 g/mol. The van der Waals surface area contributed by atoms with Gasteiger partial charge in [0.2, 0.25) is 11.8 Å². The van der Waals surface area contributed by atoms with Gasteiger partial charge in [0.1, 0.15) is 0 Å². The van der Waals surface area contributed by atoms with Gasteiger partial charge in [-0.15, -0.1) is 0 Å². The van der Waals surface area contributed by atoms with Gasteiger partial charge >= 0.3 is 0 Å². The maximum Gasteiger partial charge on any atom is 0.255 e. The summed E-state index contributed by atoms with van der Waals surface area (Å²) in [6.45, 7) is 0. The zero-order valence-corrected chi connectivity index (χ0v) is 13.9. The number of carbonyl (C=O) groups excluding carboxylic acids is 3. The SMILES string of the molecule is O=C(Nc1ccc(Cl)cc1Cl)c1ccc(N2C(=O)CCC2=O)cc1. The van der Waals surface area contributed by atoms with E-state index in [1.54, 1.807) is 36.4 Å². The molecule has 1 aliphatic rings. The van der Waals surface area contributed by atoms with Crippen molar-refractivity contribution in [1.29, 1.82) is 0 Å². The monoisotopic (exact) mass is 362 g/mol. The van der Waals surface area contributed by atoms with Crippen molar-refractivity contribution < 1.29 is 14.4 Å². The molecule has 1 heterocycles. The Bertz CT molecular complexity index is 818. The highest BCUT2D eigenvalue weighted by molar-refractivity contribution is 6.36. The molecule has 1 N–H and O–H groups in total. The topological polar surface area (TPSA) is 66.5 Å². The average Bonchev–Trinajstić information content (AvgIpc) is 2.89. The maximum absolute atomic E-state index is 12.3. The highest BCUT2D eigenvalue weighted by Crippen LogP contribution is 2.26. The molecular formula is C17H12Cl2N2O3. The van der Waals surface area contributed by atoms with Crippen LogP contribution >= 0.6 is 23.2 Å². The zero-order chi connectivity index (χ0) is 17.3. The van der Waals surface area contributed by atoms with E-state index in [2.05, 4.69) is 5.32 Å². The van der Waals surface area contributed by atoms with Gasteiger partial charge < -0.3 is 5.32 Å². The van der Waals surface area contributed by atoms with Crippen LogP contribution in [0, 0.1) is 0 Å². The minimum Gasteiger partial charge on any atom is -0.321 e. The van der Waals surface area contributed by atoms with E-state index >= 15 is 0 Å². The predicted molar refractivity (Wildman–Crippen MR) is 92.6 cm³/mol. The van der Waals surface area contributed by atoms with Gasteiger partial charge in [-0.3, -0.25) is 19.3 Å². The molecule has 1 fully saturated rings. The second-order valence-electron chi connectivity index (χ2n) is 5.25. The summed E-state index contributed by atoms with van der Waals surface area (Å²) in [5.74, 6) is -0.819. The van der Waals surface area contributed by atoms with E-state index in [0.29, 0.717) is 27.0 Å². The van der Waals surface area contributed by atoms with Crippen LogP contribution in [0.1, 0.15) is 23.2 Å². The predicted octanol–water partition coefficient (Wildman–Crippen LogP) is 3.90. The van der Waals surface area contributed by atoms with Crippen molar-refractivity contribution in [3.8, 4) is 0 Å². The van der Waals surface area contributed by atoms with Crippen LogP contribution in [-0.2, 0) is 9.59 Å². The van der Waals surface area contributed by atoms with Crippen molar-refractivity contribution in [3.63, 3.8) is 0 Å². The number of carbonyl (C=O) groups is 3. The number of imide groups is 1. The number of hydrogen-bond donors (Lipinski definition) is 1. The first kappa shape index (κ1) is 16.5. The highest BCUT2D eigenvalue weighted by atomic mass is 35.5. The minimum absolute atomic E-state index is 0.218. The van der Waals surface area contributed by atoms with Gasteiger partial charge in [-0.05, 0) is 42.5 Å². The third-order valence-electron chi connectivity index (χ3n) is 3.62. The van der Waals surface area contributed by atoms with Crippen LogP contribution in [0.3, 0.4) is 0 Å². The van der Waals surface area contributed by atoms with E-state index in [9.17, 15) is 14.4 Å². The van der Waals surface area contributed by atoms with Crippen LogP contribution in [0.25, 0.3) is 0 Å². The largest absolute Gasteiger partial charge is 0.321 e. The summed E-state index contributed by atoms with van der Waals surface area (Å²) in [6, 6.07) is 11.0. The van der Waals surface area contributed by atoms with Gasteiger partial charge in [-0.1, -0.05) is 23.2 Å². The molecule has 24 heavy (non-hydrogen) atoms. The number of hydrogen-bond acceptors (Lipinski definition) is 3. The van der Waals surface area contributed by atoms with Gasteiger partial charge in [0.05, 0.1) is 16.4 Å². The fraction of sp³-hybridized carbons (Fsp3) is 0.118. The van der Waals surface area contributed by atoms with Gasteiger partial charge in [-0.2, -0.15) is 0 Å². The van der Waals surface area contributed by atoms with Gasteiger partial charge in [-0.25, -0.2) is 0 Å². The number of halogens is 2. The van der Waals surface area contributed by atoms with Crippen molar-refractivity contribution in [2.45, 2.75) is 12.8 Å². The number of anilines is 2. The lowest BCUT2D eigenvalue weighted by molar-refractivity contribution is -0.121. The Labute approximate surface area is 148 Å². The van der Waals surface area contributed by atoms with Gasteiger partial charge in [0, 0.05) is 23.4 Å². The van der Waals surface area contributed by atoms with E-state index in [1.807, 2.05) is 0 Å². The van der Waals surface area contributed by atoms with Gasteiger partial charge in [0.15, 0.2) is 0 Å². The van der Waals surface area contributed by atoms with Crippen molar-refractivity contribution in [2.24, 2.45) is 0 Å². The highest BCUT2D eigenvalue weighted by Gasteiger charge is 2.30. The standard InChI is InChI=1S/C17H12Cl2N2O3/c18-11-3-6-14(13(19)9-11)20-17(24)10-1-4-12(5-2-10)21-15(22)7-8-16(21)23/h1-6,9H,7-8H2,(H,20,24). The molecule has 0 radical (unpaired) electrons. The lowest BCUT2D eigenvalue weighted by Gasteiger charge is -2.14. The van der Waals surface area contributed by atoms with Crippen molar-refractivity contribution >= 4 is 52.3 Å². The Morgan fingerprint density at radius 3 is 2.17 bits per heavy atom. The number of rotatable bonds is 3. The minimum atomic E-state index is -0.357. The van der Waals surface area contributed by atoms with E-state index in [-0.39, 0.29) is 30.6 Å². The Hall–Kier alpha value is -2.37. The molecule has 0 unspecified atom stereocenters. The maximum atomic E-state index is 12.3. The zero-order valence-electron chi connectivity index (χ0n) is 12.4. The lowest BCUT2D eigenvalue weighted by atomic mass is 10.1. The summed E-state index contributed by atoms with van der Waals surface area (Å²) in [5, 5.41) is 3.49. The molecule has 0 bridgehead atoms. The third kappa shape index (κ3) is 3.27. The number of benzene rings is 2. The van der Waals surface area contributed by atoms with Crippen LogP contribution in [0.15, 0.2) is 42.5 Å². The smallest absolute Gasteiger partial charge is 0.255 e. The molecule has 122 valence electrons. The molecule has 1 aliphatic heterocycles. The van der Waals surface area contributed by atoms with E-state index in [0.717, 1.165) is 4.90 Å². The molecule has 0 saturated carbocycles. The van der Waals surface area contributed by atoms with Gasteiger partial charge in [0.25, 0.3) is 5.91 Å². The quantitative estimate of drug-likeness (QED) is 0.842. The molecule has 2 aromatic rings. The third-order valence-corrected chi connectivity index (χ3v) is 4.17. The van der Waals surface area contributed by atoms with E-state index in [4.69, 9.17) is 23.2 Å². The molecule has 0 aromatic heterocycles. The second kappa shape index (κ2) is 6.63. The van der Waals surface area contributed by atoms with Crippen molar-refractivity contribution in [3.05, 3.63) is 58.1 Å². The van der Waals surface area contributed by atoms with E-state index in [1.165, 1.54) is 6.07 Å². The summed E-state index contributed by atoms with van der Waals surface area (Å²) in [6.07, 6.45) is 0.437. The van der Waals surface area contributed by atoms with Crippen molar-refractivity contribution in [2.75, 3.05) is 10.2 Å². The molecule has 0 aliphatic carbocycles. The molecule has 3 amide bonds. The summed E-state index contributed by atoms with van der Waals surface area (Å²) in [5.41, 5.74) is 1.28. The fourth-order valence-electron chi connectivity index (χ4n) is 2.41. The molecule has 3 rings (SSSR count). The molecule has 0 spiro atoms. The first-order valence-electron chi connectivity index (χ1n) is 7.18. The Kier molecular flexibility index (Phi) is 4.55. The summed E-state index contributed by atoms with van der Waals surface area (Å²) in [7, 11) is 0. The number of nitrogens with zero attached hydrogens (tertiary/aromatic N) is 1. The van der Waals surface area contributed by atoms with Crippen LogP contribution in [0.5, 0.6) is 0 Å². The summed E-state index contributed by atoms with van der Waals surface area (Å²) in [4.78, 5) is 36.8. The Balaban J connectivity index is 1.76. The molecule has 1 saturated heterocycles. The van der Waals surface area contributed by atoms with Crippen LogP contribution in [0.4, 0.5) is 11.4 Å². The first-order valence-corrected chi connectivity index (χ1v) is 7.93. The number of nitrogens with one attached hydrogen (secondary N) is 1. The summed E-state index contributed by atoms with van der Waals surface area (Å²) < 4.78 is 0. The second-order valence-corrected chi connectivity index (χ2v) is 6.09. The molecule has 0 atom stereocenters. The van der Waals surface area contributed by atoms with Crippen LogP contribution in [0.2, 0.25) is 10.0 Å². The Morgan fingerprint density at radius 1 is 0.958 bits per heavy atom. The molecule has 7 heteroatoms. The average molecular weight is 363 g/mol. The summed E-state index contributed by atoms with van der Waals surface area (Å²) >= 11 is 11.8. The fourth-order valence-corrected chi connectivity index (χ4v) is 2.87. The molecule has 2 aromatic carbocycles. The van der Waals surface area contributed by atoms with Crippen LogP contribution < -0.4 is 10.2 Å². The molecule has 5 nitrogen and oxygen atoms in total. The van der Waals surface area contributed by atoms with Crippen LogP contribution in [-0.4, -0.2) is 17.7 Å². The van der Waals surface area contributed by atoms with E-state index < -0.39 is 0 Å². The van der Waals surface area contributed by atoms with Crippen molar-refractivity contribution in [1.82, 2.24) is 0 Å².